The second kappa shape index (κ2) is 5.82. The minimum absolute atomic E-state index is 0.143. The zero-order chi connectivity index (χ0) is 18.7. The van der Waals surface area contributed by atoms with Crippen LogP contribution in [0.5, 0.6) is 0 Å². The van der Waals surface area contributed by atoms with Gasteiger partial charge in [-0.15, -0.1) is 0 Å². The Morgan fingerprint density at radius 2 is 1.82 bits per heavy atom. The van der Waals surface area contributed by atoms with E-state index in [1.165, 1.54) is 0 Å². The molecule has 2 N–H and O–H groups in total. The van der Waals surface area contributed by atoms with Gasteiger partial charge in [0, 0.05) is 41.9 Å². The van der Waals surface area contributed by atoms with Crippen LogP contribution in [0.1, 0.15) is 23.2 Å². The molecule has 2 aliphatic heterocycles. The van der Waals surface area contributed by atoms with Gasteiger partial charge in [0.1, 0.15) is 17.8 Å². The van der Waals surface area contributed by atoms with Crippen molar-refractivity contribution in [2.75, 3.05) is 18.0 Å². The van der Waals surface area contributed by atoms with E-state index in [0.717, 1.165) is 59.2 Å². The van der Waals surface area contributed by atoms with E-state index in [1.807, 2.05) is 42.7 Å². The number of H-pyrrole nitrogens is 2. The first kappa shape index (κ1) is 15.7. The molecule has 0 spiro atoms. The zero-order valence-electron chi connectivity index (χ0n) is 15.3. The molecule has 28 heavy (non-hydrogen) atoms. The number of aromatic amines is 2. The van der Waals surface area contributed by atoms with Crippen LogP contribution in [-0.4, -0.2) is 55.9 Å². The molecule has 5 heterocycles. The van der Waals surface area contributed by atoms with E-state index in [-0.39, 0.29) is 18.0 Å². The maximum Gasteiger partial charge on any atom is 0.254 e. The van der Waals surface area contributed by atoms with Gasteiger partial charge in [-0.25, -0.2) is 9.97 Å². The molecular weight excluding hydrogens is 352 g/mol. The molecule has 140 valence electrons. The highest BCUT2D eigenvalue weighted by atomic mass is 16.2. The molecule has 2 saturated heterocycles. The van der Waals surface area contributed by atoms with Crippen molar-refractivity contribution in [3.63, 3.8) is 0 Å². The smallest absolute Gasteiger partial charge is 0.254 e. The summed E-state index contributed by atoms with van der Waals surface area (Å²) in [6, 6.07) is 10.4. The Morgan fingerprint density at radius 3 is 2.68 bits per heavy atom. The average Bonchev–Trinajstić information content (AvgIpc) is 3.44. The van der Waals surface area contributed by atoms with Crippen LogP contribution in [0.2, 0.25) is 0 Å². The van der Waals surface area contributed by atoms with Crippen molar-refractivity contribution in [3.8, 4) is 0 Å². The number of carbonyl (C=O) groups is 1. The largest absolute Gasteiger partial charge is 0.361 e. The van der Waals surface area contributed by atoms with Gasteiger partial charge in [0.15, 0.2) is 0 Å². The molecule has 1 aromatic carbocycles. The van der Waals surface area contributed by atoms with E-state index >= 15 is 0 Å². The van der Waals surface area contributed by atoms with E-state index in [0.29, 0.717) is 0 Å². The number of aromatic nitrogens is 4. The van der Waals surface area contributed by atoms with Crippen molar-refractivity contribution in [3.05, 3.63) is 54.6 Å². The van der Waals surface area contributed by atoms with Crippen LogP contribution in [-0.2, 0) is 0 Å². The van der Waals surface area contributed by atoms with Gasteiger partial charge >= 0.3 is 0 Å². The third kappa shape index (κ3) is 2.25. The van der Waals surface area contributed by atoms with Crippen molar-refractivity contribution in [2.24, 2.45) is 0 Å². The Labute approximate surface area is 161 Å². The highest BCUT2D eigenvalue weighted by Crippen LogP contribution is 2.35. The molecule has 2 fully saturated rings. The Balaban J connectivity index is 1.30. The number of fused-ring (bicyclic) bond motifs is 4. The van der Waals surface area contributed by atoms with Crippen LogP contribution in [0, 0.1) is 0 Å². The van der Waals surface area contributed by atoms with Crippen LogP contribution >= 0.6 is 0 Å². The number of benzene rings is 1. The summed E-state index contributed by atoms with van der Waals surface area (Å²) < 4.78 is 0. The quantitative estimate of drug-likeness (QED) is 0.567. The maximum absolute atomic E-state index is 13.3. The molecule has 0 radical (unpaired) electrons. The predicted octanol–water partition coefficient (Wildman–Crippen LogP) is 2.93. The molecule has 0 aliphatic carbocycles. The lowest BCUT2D eigenvalue weighted by Gasteiger charge is -2.41. The van der Waals surface area contributed by atoms with Gasteiger partial charge in [0.25, 0.3) is 5.91 Å². The van der Waals surface area contributed by atoms with Crippen LogP contribution in [0.25, 0.3) is 21.9 Å². The summed E-state index contributed by atoms with van der Waals surface area (Å²) in [7, 11) is 0. The van der Waals surface area contributed by atoms with E-state index in [9.17, 15) is 4.79 Å². The lowest BCUT2D eigenvalue weighted by molar-refractivity contribution is 0.0641. The van der Waals surface area contributed by atoms with Crippen LogP contribution < -0.4 is 4.90 Å². The standard InChI is InChI=1S/C21H20N6O/c28-21(14-1-4-18-13(9-14)5-7-22-18)27-15-2-3-16(27)11-26(10-15)20-17-6-8-23-19(17)24-12-25-20/h1,4-9,12,15-16,22H,2-3,10-11H2,(H,23,24,25). The summed E-state index contributed by atoms with van der Waals surface area (Å²) in [6.45, 7) is 1.62. The molecule has 7 nitrogen and oxygen atoms in total. The summed E-state index contributed by atoms with van der Waals surface area (Å²) in [6.07, 6.45) is 7.50. The van der Waals surface area contributed by atoms with Crippen LogP contribution in [0.3, 0.4) is 0 Å². The summed E-state index contributed by atoms with van der Waals surface area (Å²) in [5, 5.41) is 2.12. The molecule has 2 unspecified atom stereocenters. The number of piperazine rings is 1. The molecule has 3 aromatic heterocycles. The van der Waals surface area contributed by atoms with Crippen molar-refractivity contribution < 1.29 is 4.79 Å². The molecule has 7 heteroatoms. The molecular formula is C21H20N6O. The van der Waals surface area contributed by atoms with Crippen molar-refractivity contribution in [1.29, 1.82) is 0 Å². The maximum atomic E-state index is 13.3. The van der Waals surface area contributed by atoms with Crippen LogP contribution in [0.4, 0.5) is 5.82 Å². The number of amides is 1. The highest BCUT2D eigenvalue weighted by Gasteiger charge is 2.43. The van der Waals surface area contributed by atoms with Gasteiger partial charge in [0.2, 0.25) is 0 Å². The molecule has 2 bridgehead atoms. The number of nitrogens with one attached hydrogen (secondary N) is 2. The first-order valence-corrected chi connectivity index (χ1v) is 9.71. The predicted molar refractivity (Wildman–Crippen MR) is 107 cm³/mol. The number of carbonyl (C=O) groups excluding carboxylic acids is 1. The summed E-state index contributed by atoms with van der Waals surface area (Å²) >= 11 is 0. The average molecular weight is 372 g/mol. The molecule has 4 aromatic rings. The van der Waals surface area contributed by atoms with Gasteiger partial charge in [0.05, 0.1) is 17.5 Å². The van der Waals surface area contributed by atoms with E-state index < -0.39 is 0 Å². The van der Waals surface area contributed by atoms with Gasteiger partial charge in [-0.05, 0) is 43.2 Å². The van der Waals surface area contributed by atoms with E-state index in [4.69, 9.17) is 0 Å². The molecule has 1 amide bonds. The lowest BCUT2D eigenvalue weighted by Crippen LogP contribution is -2.56. The number of anilines is 1. The van der Waals surface area contributed by atoms with E-state index in [2.05, 4.69) is 29.7 Å². The Hall–Kier alpha value is -3.35. The van der Waals surface area contributed by atoms with Gasteiger partial charge < -0.3 is 19.8 Å². The monoisotopic (exact) mass is 372 g/mol. The van der Waals surface area contributed by atoms with Crippen molar-refractivity contribution in [2.45, 2.75) is 24.9 Å². The molecule has 6 rings (SSSR count). The second-order valence-electron chi connectivity index (χ2n) is 7.72. The Morgan fingerprint density at radius 1 is 1.00 bits per heavy atom. The number of hydrogen-bond donors (Lipinski definition) is 2. The highest BCUT2D eigenvalue weighted by molar-refractivity contribution is 5.99. The Bertz CT molecular complexity index is 1180. The first-order chi connectivity index (χ1) is 13.8. The summed E-state index contributed by atoms with van der Waals surface area (Å²) in [4.78, 5) is 32.9. The number of rotatable bonds is 2. The first-order valence-electron chi connectivity index (χ1n) is 9.71. The minimum Gasteiger partial charge on any atom is -0.361 e. The normalized spacial score (nSPS) is 21.7. The molecule has 2 aliphatic rings. The van der Waals surface area contributed by atoms with E-state index in [1.54, 1.807) is 6.33 Å². The topological polar surface area (TPSA) is 80.9 Å². The zero-order valence-corrected chi connectivity index (χ0v) is 15.3. The lowest BCUT2D eigenvalue weighted by atomic mass is 10.1. The molecule has 2 atom stereocenters. The van der Waals surface area contributed by atoms with Gasteiger partial charge in [-0.1, -0.05) is 0 Å². The minimum atomic E-state index is 0.143. The fourth-order valence-corrected chi connectivity index (χ4v) is 4.85. The summed E-state index contributed by atoms with van der Waals surface area (Å²) in [5.41, 5.74) is 2.69. The van der Waals surface area contributed by atoms with Crippen molar-refractivity contribution in [1.82, 2.24) is 24.8 Å². The third-order valence-corrected chi connectivity index (χ3v) is 6.15. The van der Waals surface area contributed by atoms with Crippen LogP contribution in [0.15, 0.2) is 49.1 Å². The SMILES string of the molecule is O=C(c1ccc2[nH]ccc2c1)N1C2CCC1CN(c1ncnc3[nH]ccc13)C2. The summed E-state index contributed by atoms with van der Waals surface area (Å²) in [5.74, 6) is 1.11. The van der Waals surface area contributed by atoms with Gasteiger partial charge in [-0.2, -0.15) is 0 Å². The fourth-order valence-electron chi connectivity index (χ4n) is 4.85. The molecule has 0 saturated carbocycles. The second-order valence-corrected chi connectivity index (χ2v) is 7.72. The third-order valence-electron chi connectivity index (χ3n) is 6.15. The van der Waals surface area contributed by atoms with Gasteiger partial charge in [-0.3, -0.25) is 4.79 Å². The Kier molecular flexibility index (Phi) is 3.26. The number of nitrogens with zero attached hydrogens (tertiary/aromatic N) is 4. The fraction of sp³-hybridized carbons (Fsp3) is 0.286. The number of hydrogen-bond acceptors (Lipinski definition) is 4. The van der Waals surface area contributed by atoms with Crippen molar-refractivity contribution >= 4 is 33.7 Å².